The molecule has 9 heteroatoms. The van der Waals surface area contributed by atoms with Crippen molar-refractivity contribution in [2.45, 2.75) is 26.7 Å². The Labute approximate surface area is 216 Å². The summed E-state index contributed by atoms with van der Waals surface area (Å²) in [5.74, 6) is -0.0211. The molecule has 32 heavy (non-hydrogen) atoms. The number of aliphatic imine (C=N–C) groups is 1. The molecule has 0 amide bonds. The summed E-state index contributed by atoms with van der Waals surface area (Å²) in [7, 11) is 1.60. The molecule has 0 radical (unpaired) electrons. The van der Waals surface area contributed by atoms with Crippen molar-refractivity contribution in [1.82, 2.24) is 9.97 Å². The summed E-state index contributed by atoms with van der Waals surface area (Å²) in [4.78, 5) is 14.9. The Morgan fingerprint density at radius 2 is 1.84 bits per heavy atom. The van der Waals surface area contributed by atoms with Crippen molar-refractivity contribution in [2.24, 2.45) is 4.99 Å². The molecule has 2 aromatic carbocycles. The minimum atomic E-state index is -0.527. The van der Waals surface area contributed by atoms with E-state index in [1.807, 2.05) is 26.0 Å². The second-order valence-corrected chi connectivity index (χ2v) is 7.12. The van der Waals surface area contributed by atoms with Crippen LogP contribution in [0.4, 0.5) is 27.3 Å². The fourth-order valence-electron chi connectivity index (χ4n) is 3.47. The van der Waals surface area contributed by atoms with Gasteiger partial charge < -0.3 is 23.4 Å². The molecular weight excluding hydrogens is 438 g/mol. The first-order valence-corrected chi connectivity index (χ1v) is 10.4. The van der Waals surface area contributed by atoms with Crippen LogP contribution in [-0.4, -0.2) is 36.3 Å². The molecule has 3 N–H and O–H groups in total. The Balaban J connectivity index is 0.00000125. The molecule has 3 aromatic rings. The molecule has 2 heterocycles. The van der Waals surface area contributed by atoms with Gasteiger partial charge in [-0.3, -0.25) is 4.99 Å². The normalized spacial score (nSPS) is 12.7. The van der Waals surface area contributed by atoms with Gasteiger partial charge in [-0.05, 0) is 37.1 Å². The smallest absolute Gasteiger partial charge is 0.396 e. The third kappa shape index (κ3) is 6.10. The molecule has 0 unspecified atom stereocenters. The predicted molar refractivity (Wildman–Crippen MR) is 131 cm³/mol. The summed E-state index contributed by atoms with van der Waals surface area (Å²) in [6.07, 6.45) is 5.34. The second-order valence-electron chi connectivity index (χ2n) is 6.71. The molecule has 6 nitrogen and oxygen atoms in total. The molecule has 0 aliphatic carbocycles. The molecule has 1 aliphatic rings. The number of halogens is 2. The van der Waals surface area contributed by atoms with Crippen LogP contribution in [0.15, 0.2) is 35.6 Å². The van der Waals surface area contributed by atoms with Crippen LogP contribution in [0.3, 0.4) is 0 Å². The largest absolute Gasteiger partial charge is 1.00 e. The maximum Gasteiger partial charge on any atom is 1.00 e. The quantitative estimate of drug-likeness (QED) is 0.267. The number of nitrogen functional groups attached to an aromatic ring is 1. The fraction of sp³-hybridized carbons (Fsp3) is 0.304. The van der Waals surface area contributed by atoms with Crippen LogP contribution in [0.25, 0.3) is 10.9 Å². The molecule has 1 fully saturated rings. The zero-order chi connectivity index (χ0) is 21.7. The Kier molecular flexibility index (Phi) is 11.4. The molecule has 1 aromatic heterocycles. The van der Waals surface area contributed by atoms with E-state index < -0.39 is 5.82 Å². The fourth-order valence-corrected chi connectivity index (χ4v) is 3.77. The van der Waals surface area contributed by atoms with E-state index in [9.17, 15) is 4.39 Å². The van der Waals surface area contributed by atoms with Crippen LogP contribution < -0.4 is 45.5 Å². The van der Waals surface area contributed by atoms with Gasteiger partial charge in [-0.1, -0.05) is 25.4 Å². The third-order valence-electron chi connectivity index (χ3n) is 4.84. The van der Waals surface area contributed by atoms with Crippen LogP contribution >= 0.6 is 11.6 Å². The number of nitrogens with two attached hydrogens (primary N) is 1. The Bertz CT molecular complexity index is 1070. The van der Waals surface area contributed by atoms with E-state index in [0.717, 1.165) is 24.3 Å². The average Bonchev–Trinajstić information content (AvgIpc) is 3.28. The number of nitrogens with one attached hydrogen (secondary N) is 1. The molecule has 4 rings (SSSR count). The van der Waals surface area contributed by atoms with Crippen molar-refractivity contribution in [2.75, 3.05) is 36.1 Å². The van der Waals surface area contributed by atoms with Gasteiger partial charge in [-0.25, -0.2) is 14.4 Å². The zero-order valence-corrected chi connectivity index (χ0v) is 22.2. The summed E-state index contributed by atoms with van der Waals surface area (Å²) < 4.78 is 14.2. The summed E-state index contributed by atoms with van der Waals surface area (Å²) in [6.45, 7) is 6.04. The van der Waals surface area contributed by atoms with Gasteiger partial charge in [0.15, 0.2) is 0 Å². The summed E-state index contributed by atoms with van der Waals surface area (Å²) in [5.41, 5.74) is 8.61. The number of fused-ring (bicyclic) bond motifs is 1. The number of benzene rings is 2. The number of hydrogen-bond acceptors (Lipinski definition) is 6. The van der Waals surface area contributed by atoms with Gasteiger partial charge >= 0.3 is 29.6 Å². The summed E-state index contributed by atoms with van der Waals surface area (Å²) in [5, 5.41) is 4.38. The van der Waals surface area contributed by atoms with E-state index in [1.165, 1.54) is 31.4 Å². The van der Waals surface area contributed by atoms with Crippen LogP contribution in [0, 0.1) is 13.2 Å². The molecule has 0 spiro atoms. The molecule has 166 valence electrons. The predicted octanol–water partition coefficient (Wildman–Crippen LogP) is 2.88. The maximum atomic E-state index is 14.2. The van der Waals surface area contributed by atoms with Crippen molar-refractivity contribution < 1.29 is 33.9 Å². The first kappa shape index (κ1) is 28.1. The topological polar surface area (TPSA) is 79.4 Å². The number of anilines is 4. The first-order chi connectivity index (χ1) is 14.6. The van der Waals surface area contributed by atoms with Crippen molar-refractivity contribution in [1.29, 1.82) is 0 Å². The number of hydrogen-bond donors (Lipinski definition) is 2. The van der Waals surface area contributed by atoms with E-state index in [0.29, 0.717) is 27.5 Å². The van der Waals surface area contributed by atoms with Gasteiger partial charge in [0.1, 0.15) is 18.0 Å². The summed E-state index contributed by atoms with van der Waals surface area (Å²) in [6, 6.07) is 6.98. The molecule has 0 saturated carbocycles. The van der Waals surface area contributed by atoms with Gasteiger partial charge in [0.25, 0.3) is 0 Å². The van der Waals surface area contributed by atoms with Gasteiger partial charge in [-0.2, -0.15) is 0 Å². The number of nitrogens with zero attached hydrogens (tertiary/aromatic N) is 4. The van der Waals surface area contributed by atoms with Gasteiger partial charge in [0.2, 0.25) is 0 Å². The maximum absolute atomic E-state index is 14.2. The average molecular weight is 467 g/mol. The number of rotatable bonds is 4. The Morgan fingerprint density at radius 3 is 2.50 bits per heavy atom. The van der Waals surface area contributed by atoms with E-state index in [-0.39, 0.29) is 42.7 Å². The van der Waals surface area contributed by atoms with Crippen LogP contribution in [0.1, 0.15) is 32.3 Å². The van der Waals surface area contributed by atoms with E-state index in [2.05, 4.69) is 25.2 Å². The Morgan fingerprint density at radius 1 is 1.16 bits per heavy atom. The van der Waals surface area contributed by atoms with Crippen LogP contribution in [0.5, 0.6) is 0 Å². The number of aromatic nitrogens is 2. The van der Waals surface area contributed by atoms with E-state index in [4.69, 9.17) is 17.3 Å². The zero-order valence-electron chi connectivity index (χ0n) is 19.4. The molecule has 1 aliphatic heterocycles. The molecule has 1 saturated heterocycles. The van der Waals surface area contributed by atoms with Crippen molar-refractivity contribution >= 4 is 51.6 Å². The second kappa shape index (κ2) is 12.9. The van der Waals surface area contributed by atoms with Crippen LogP contribution in [0.2, 0.25) is 5.02 Å². The van der Waals surface area contributed by atoms with Crippen LogP contribution in [-0.2, 0) is 0 Å². The van der Waals surface area contributed by atoms with Crippen molar-refractivity contribution in [3.8, 4) is 0 Å². The standard InChI is InChI=1S/C20H20ClFN6.C2H6.CH3.Na/c1-24-10-12-6-13(7-16(22)19(12)23)27-20-18-15(21)8-14(28-4-2-3-5-28)9-17(18)25-11-26-20;1-2;;/h6-11H,2-5,23H2,1H3,(H,25,26,27);1-2H3;1H3;/q;;-1;+1. The van der Waals surface area contributed by atoms with Gasteiger partial charge in [0.05, 0.1) is 21.6 Å². The van der Waals surface area contributed by atoms with Crippen molar-refractivity contribution in [3.63, 3.8) is 0 Å². The minimum Gasteiger partial charge on any atom is -0.396 e. The Hall–Kier alpha value is -1.93. The SMILES string of the molecule is CC.CN=Cc1cc(Nc2ncnc3cc(N4CCCC4)cc(Cl)c23)cc(F)c1N.[CH3-].[Na+]. The monoisotopic (exact) mass is 466 g/mol. The molecular formula is C23H29ClFN6Na. The van der Waals surface area contributed by atoms with Gasteiger partial charge in [-0.15, -0.1) is 0 Å². The molecule has 0 bridgehead atoms. The van der Waals surface area contributed by atoms with Crippen molar-refractivity contribution in [3.05, 3.63) is 54.4 Å². The molecule has 0 atom stereocenters. The van der Waals surface area contributed by atoms with Gasteiger partial charge in [0, 0.05) is 43.3 Å². The van der Waals surface area contributed by atoms with E-state index in [1.54, 1.807) is 13.1 Å². The van der Waals surface area contributed by atoms with E-state index >= 15 is 0 Å². The first-order valence-electron chi connectivity index (χ1n) is 10.0. The minimum absolute atomic E-state index is 0. The summed E-state index contributed by atoms with van der Waals surface area (Å²) >= 11 is 6.59. The third-order valence-corrected chi connectivity index (χ3v) is 5.14.